The number of halogens is 2. The van der Waals surface area contributed by atoms with Crippen molar-refractivity contribution in [3.8, 4) is 0 Å². The number of nitrogens with zero attached hydrogens (tertiary/aromatic N) is 2. The first-order valence-corrected chi connectivity index (χ1v) is 11.0. The molecule has 11 heteroatoms. The second-order valence-electron chi connectivity index (χ2n) is 5.94. The highest BCUT2D eigenvalue weighted by atomic mass is 79.9. The molecule has 0 spiro atoms. The summed E-state index contributed by atoms with van der Waals surface area (Å²) in [6, 6.07) is 17.0. The van der Waals surface area contributed by atoms with E-state index in [1.807, 2.05) is 24.3 Å². The van der Waals surface area contributed by atoms with E-state index in [-0.39, 0.29) is 27.0 Å². The van der Waals surface area contributed by atoms with Crippen molar-refractivity contribution < 1.29 is 13.3 Å². The van der Waals surface area contributed by atoms with Crippen molar-refractivity contribution in [2.75, 3.05) is 10.1 Å². The molecule has 0 saturated carbocycles. The SMILES string of the molecule is O=[N+]([O-])c1ccc(N/N=C/c2ccc(Br)cc2)c(S(=O)(=O)Nc2ccccc2Cl)c1. The average molecular weight is 510 g/mol. The maximum absolute atomic E-state index is 12.9. The summed E-state index contributed by atoms with van der Waals surface area (Å²) in [6.07, 6.45) is 1.49. The van der Waals surface area contributed by atoms with E-state index in [0.717, 1.165) is 16.1 Å². The van der Waals surface area contributed by atoms with Crippen LogP contribution in [0.5, 0.6) is 0 Å². The topological polar surface area (TPSA) is 114 Å². The van der Waals surface area contributed by atoms with Crippen molar-refractivity contribution in [2.24, 2.45) is 5.10 Å². The fourth-order valence-corrected chi connectivity index (χ4v) is 4.17. The van der Waals surface area contributed by atoms with Crippen molar-refractivity contribution in [3.63, 3.8) is 0 Å². The number of rotatable bonds is 7. The van der Waals surface area contributed by atoms with Gasteiger partial charge in [-0.1, -0.05) is 51.8 Å². The van der Waals surface area contributed by atoms with Crippen LogP contribution in [-0.2, 0) is 10.0 Å². The molecule has 2 N–H and O–H groups in total. The molecule has 154 valence electrons. The van der Waals surface area contributed by atoms with Crippen LogP contribution in [0.1, 0.15) is 5.56 Å². The van der Waals surface area contributed by atoms with Gasteiger partial charge in [-0.2, -0.15) is 5.10 Å². The number of nitrogens with one attached hydrogen (secondary N) is 2. The van der Waals surface area contributed by atoms with Crippen LogP contribution < -0.4 is 10.1 Å². The zero-order chi connectivity index (χ0) is 21.7. The number of hydrazone groups is 1. The highest BCUT2D eigenvalue weighted by Crippen LogP contribution is 2.30. The Morgan fingerprint density at radius 2 is 1.73 bits per heavy atom. The van der Waals surface area contributed by atoms with E-state index in [2.05, 4.69) is 31.2 Å². The molecule has 0 bridgehead atoms. The van der Waals surface area contributed by atoms with Gasteiger partial charge in [0, 0.05) is 16.6 Å². The molecule has 0 saturated heterocycles. The number of nitro groups is 1. The maximum atomic E-state index is 12.9. The summed E-state index contributed by atoms with van der Waals surface area (Å²) >= 11 is 9.36. The van der Waals surface area contributed by atoms with Crippen LogP contribution in [0, 0.1) is 10.1 Å². The Morgan fingerprint density at radius 3 is 2.40 bits per heavy atom. The number of sulfonamides is 1. The van der Waals surface area contributed by atoms with Crippen LogP contribution in [0.15, 0.2) is 81.2 Å². The number of para-hydroxylation sites is 1. The zero-order valence-electron chi connectivity index (χ0n) is 15.1. The summed E-state index contributed by atoms with van der Waals surface area (Å²) in [7, 11) is -4.20. The van der Waals surface area contributed by atoms with Gasteiger partial charge in [-0.05, 0) is 35.9 Å². The van der Waals surface area contributed by atoms with Crippen LogP contribution in [-0.4, -0.2) is 19.6 Å². The first kappa shape index (κ1) is 21.8. The second-order valence-corrected chi connectivity index (χ2v) is 8.92. The predicted octanol–water partition coefficient (Wildman–Crippen LogP) is 5.26. The lowest BCUT2D eigenvalue weighted by Gasteiger charge is -2.12. The summed E-state index contributed by atoms with van der Waals surface area (Å²) in [5, 5.41) is 15.4. The molecule has 3 aromatic rings. The second kappa shape index (κ2) is 9.24. The third-order valence-electron chi connectivity index (χ3n) is 3.85. The molecule has 0 radical (unpaired) electrons. The summed E-state index contributed by atoms with van der Waals surface area (Å²) in [5.41, 5.74) is 3.24. The van der Waals surface area contributed by atoms with Crippen molar-refractivity contribution in [1.29, 1.82) is 0 Å². The van der Waals surface area contributed by atoms with E-state index >= 15 is 0 Å². The predicted molar refractivity (Wildman–Crippen MR) is 121 cm³/mol. The summed E-state index contributed by atoms with van der Waals surface area (Å²) < 4.78 is 29.1. The van der Waals surface area contributed by atoms with Gasteiger partial charge < -0.3 is 0 Å². The Labute approximate surface area is 185 Å². The van der Waals surface area contributed by atoms with E-state index < -0.39 is 14.9 Å². The van der Waals surface area contributed by atoms with Gasteiger partial charge in [0.2, 0.25) is 0 Å². The average Bonchev–Trinajstić information content (AvgIpc) is 2.71. The normalized spacial score (nSPS) is 11.4. The fraction of sp³-hybridized carbons (Fsp3) is 0. The quantitative estimate of drug-likeness (QED) is 0.256. The Balaban J connectivity index is 1.94. The smallest absolute Gasteiger partial charge is 0.270 e. The maximum Gasteiger partial charge on any atom is 0.270 e. The highest BCUT2D eigenvalue weighted by molar-refractivity contribution is 9.10. The number of benzene rings is 3. The molecule has 0 aliphatic rings. The van der Waals surface area contributed by atoms with Gasteiger partial charge in [0.1, 0.15) is 4.90 Å². The number of hydrogen-bond donors (Lipinski definition) is 2. The first-order chi connectivity index (χ1) is 14.3. The Morgan fingerprint density at radius 1 is 1.03 bits per heavy atom. The lowest BCUT2D eigenvalue weighted by atomic mass is 10.2. The zero-order valence-corrected chi connectivity index (χ0v) is 18.3. The number of anilines is 2. The van der Waals surface area contributed by atoms with E-state index in [9.17, 15) is 18.5 Å². The molecule has 0 amide bonds. The molecular formula is C19H14BrClN4O4S. The largest absolute Gasteiger partial charge is 0.278 e. The minimum Gasteiger partial charge on any atom is -0.278 e. The Bertz CT molecular complexity index is 1220. The molecular weight excluding hydrogens is 496 g/mol. The summed E-state index contributed by atoms with van der Waals surface area (Å²) in [5.74, 6) is 0. The van der Waals surface area contributed by atoms with E-state index in [1.54, 1.807) is 12.1 Å². The summed E-state index contributed by atoms with van der Waals surface area (Å²) in [6.45, 7) is 0. The molecule has 8 nitrogen and oxygen atoms in total. The van der Waals surface area contributed by atoms with Gasteiger partial charge in [-0.15, -0.1) is 0 Å². The van der Waals surface area contributed by atoms with Gasteiger partial charge in [-0.25, -0.2) is 8.42 Å². The van der Waals surface area contributed by atoms with E-state index in [4.69, 9.17) is 11.6 Å². The van der Waals surface area contributed by atoms with Crippen molar-refractivity contribution in [2.45, 2.75) is 4.90 Å². The number of hydrogen-bond acceptors (Lipinski definition) is 6. The third-order valence-corrected chi connectivity index (χ3v) is 6.12. The molecule has 0 aromatic heterocycles. The molecule has 0 aliphatic heterocycles. The van der Waals surface area contributed by atoms with Crippen LogP contribution in [0.3, 0.4) is 0 Å². The van der Waals surface area contributed by atoms with Gasteiger partial charge in [0.25, 0.3) is 15.7 Å². The van der Waals surface area contributed by atoms with Gasteiger partial charge in [0.15, 0.2) is 0 Å². The fourth-order valence-electron chi connectivity index (χ4n) is 2.41. The molecule has 0 unspecified atom stereocenters. The number of nitro benzene ring substituents is 1. The van der Waals surface area contributed by atoms with E-state index in [0.29, 0.717) is 0 Å². The molecule has 0 aliphatic carbocycles. The Kier molecular flexibility index (Phi) is 6.70. The van der Waals surface area contributed by atoms with Crippen LogP contribution in [0.2, 0.25) is 5.02 Å². The molecule has 0 atom stereocenters. The molecule has 3 aromatic carbocycles. The van der Waals surface area contributed by atoms with Gasteiger partial charge in [0.05, 0.1) is 27.5 Å². The van der Waals surface area contributed by atoms with Gasteiger partial charge >= 0.3 is 0 Å². The molecule has 0 fully saturated rings. The van der Waals surface area contributed by atoms with Crippen LogP contribution in [0.4, 0.5) is 17.1 Å². The van der Waals surface area contributed by atoms with E-state index in [1.165, 1.54) is 30.5 Å². The summed E-state index contributed by atoms with van der Waals surface area (Å²) in [4.78, 5) is 10.1. The van der Waals surface area contributed by atoms with Crippen LogP contribution in [0.25, 0.3) is 0 Å². The molecule has 30 heavy (non-hydrogen) atoms. The number of non-ortho nitro benzene ring substituents is 1. The van der Waals surface area contributed by atoms with Crippen molar-refractivity contribution in [1.82, 2.24) is 0 Å². The van der Waals surface area contributed by atoms with Crippen molar-refractivity contribution in [3.05, 3.63) is 91.9 Å². The lowest BCUT2D eigenvalue weighted by molar-refractivity contribution is -0.385. The highest BCUT2D eigenvalue weighted by Gasteiger charge is 2.23. The first-order valence-electron chi connectivity index (χ1n) is 8.37. The monoisotopic (exact) mass is 508 g/mol. The Hall–Kier alpha value is -2.95. The minimum absolute atomic E-state index is 0.0634. The van der Waals surface area contributed by atoms with Crippen LogP contribution >= 0.6 is 27.5 Å². The third kappa shape index (κ3) is 5.35. The van der Waals surface area contributed by atoms with Crippen molar-refractivity contribution >= 4 is 60.8 Å². The van der Waals surface area contributed by atoms with Gasteiger partial charge in [-0.3, -0.25) is 20.3 Å². The minimum atomic E-state index is -4.20. The molecule has 3 rings (SSSR count). The standard InChI is InChI=1S/C19H14BrClN4O4S/c20-14-7-5-13(6-8-14)12-22-23-18-10-9-15(25(26)27)11-19(18)30(28,29)24-17-4-2-1-3-16(17)21/h1-12,23-24H/b22-12+. The molecule has 0 heterocycles. The lowest BCUT2D eigenvalue weighted by Crippen LogP contribution is -2.15.